The van der Waals surface area contributed by atoms with Crippen molar-refractivity contribution >= 4 is 11.9 Å². The van der Waals surface area contributed by atoms with E-state index < -0.39 is 0 Å². The Hall–Kier alpha value is -2.08. The smallest absolute Gasteiger partial charge is 0.324 e. The highest BCUT2D eigenvalue weighted by Gasteiger charge is 2.33. The van der Waals surface area contributed by atoms with Crippen molar-refractivity contribution in [1.82, 2.24) is 10.2 Å². The molecular formula is C18H26N3O3+. The number of quaternary nitrogens is 1. The minimum Gasteiger partial charge on any atom is -0.497 e. The first-order valence-electron chi connectivity index (χ1n) is 8.76. The first kappa shape index (κ1) is 16.8. The van der Waals surface area contributed by atoms with E-state index in [1.54, 1.807) is 7.11 Å². The molecule has 2 saturated heterocycles. The van der Waals surface area contributed by atoms with Crippen molar-refractivity contribution in [2.75, 3.05) is 33.3 Å². The Morgan fingerprint density at radius 3 is 2.75 bits per heavy atom. The number of likely N-dealkylation sites (tertiary alicyclic amines) is 1. The lowest BCUT2D eigenvalue weighted by atomic mass is 10.0. The van der Waals surface area contributed by atoms with E-state index in [0.29, 0.717) is 25.7 Å². The number of hydrogen-bond acceptors (Lipinski definition) is 3. The van der Waals surface area contributed by atoms with Crippen LogP contribution in [0.15, 0.2) is 24.3 Å². The van der Waals surface area contributed by atoms with Crippen LogP contribution in [0.3, 0.4) is 0 Å². The molecule has 0 aliphatic carbocycles. The van der Waals surface area contributed by atoms with E-state index in [4.69, 9.17) is 4.74 Å². The van der Waals surface area contributed by atoms with E-state index >= 15 is 0 Å². The summed E-state index contributed by atoms with van der Waals surface area (Å²) in [6, 6.07) is 8.20. The molecule has 0 saturated carbocycles. The van der Waals surface area contributed by atoms with Crippen molar-refractivity contribution in [2.45, 2.75) is 31.7 Å². The highest BCUT2D eigenvalue weighted by atomic mass is 16.5. The Morgan fingerprint density at radius 1 is 1.29 bits per heavy atom. The van der Waals surface area contributed by atoms with Crippen molar-refractivity contribution in [3.8, 4) is 5.75 Å². The normalized spacial score (nSPS) is 24.4. The summed E-state index contributed by atoms with van der Waals surface area (Å²) in [5.74, 6) is 0.777. The Labute approximate surface area is 142 Å². The minimum absolute atomic E-state index is 0.0691. The number of rotatable bonds is 4. The molecule has 2 aliphatic heterocycles. The molecule has 1 unspecified atom stereocenters. The minimum atomic E-state index is -0.254. The second-order valence-corrected chi connectivity index (χ2v) is 6.54. The molecule has 2 fully saturated rings. The second kappa shape index (κ2) is 7.66. The summed E-state index contributed by atoms with van der Waals surface area (Å²) in [5.41, 5.74) is 1.24. The number of amides is 3. The van der Waals surface area contributed by atoms with Crippen LogP contribution in [0.1, 0.15) is 37.3 Å². The number of nitrogens with zero attached hydrogens (tertiary/aromatic N) is 1. The fraction of sp³-hybridized carbons (Fsp3) is 0.556. The fourth-order valence-corrected chi connectivity index (χ4v) is 3.71. The maximum atomic E-state index is 12.5. The summed E-state index contributed by atoms with van der Waals surface area (Å²) in [6.45, 7) is 2.39. The maximum Gasteiger partial charge on any atom is 0.324 e. The number of carbonyl (C=O) groups excluding carboxylic acids is 2. The lowest BCUT2D eigenvalue weighted by Crippen LogP contribution is -3.13. The molecular weight excluding hydrogens is 306 g/mol. The number of imide groups is 1. The van der Waals surface area contributed by atoms with Crippen LogP contribution in [0.4, 0.5) is 4.79 Å². The molecule has 0 radical (unpaired) electrons. The predicted molar refractivity (Wildman–Crippen MR) is 90.0 cm³/mol. The molecule has 0 spiro atoms. The molecule has 24 heavy (non-hydrogen) atoms. The molecule has 6 nitrogen and oxygen atoms in total. The van der Waals surface area contributed by atoms with Crippen LogP contribution in [0.2, 0.25) is 0 Å². The number of urea groups is 1. The average molecular weight is 332 g/mol. The highest BCUT2D eigenvalue weighted by molar-refractivity contribution is 5.96. The number of nitrogens with one attached hydrogen (secondary N) is 2. The topological polar surface area (TPSA) is 63.1 Å². The van der Waals surface area contributed by atoms with Gasteiger partial charge in [-0.15, -0.1) is 0 Å². The van der Waals surface area contributed by atoms with Gasteiger partial charge in [0.1, 0.15) is 11.8 Å². The zero-order chi connectivity index (χ0) is 16.9. The number of methoxy groups -OCH3 is 1. The van der Waals surface area contributed by atoms with Gasteiger partial charge in [-0.05, 0) is 43.5 Å². The van der Waals surface area contributed by atoms with Gasteiger partial charge < -0.3 is 15.0 Å². The first-order chi connectivity index (χ1) is 11.7. The maximum absolute atomic E-state index is 12.5. The first-order valence-corrected chi connectivity index (χ1v) is 8.76. The van der Waals surface area contributed by atoms with Gasteiger partial charge in [-0.1, -0.05) is 0 Å². The molecule has 0 aromatic heterocycles. The Morgan fingerprint density at radius 2 is 2.08 bits per heavy atom. The van der Waals surface area contributed by atoms with E-state index in [0.717, 1.165) is 25.1 Å². The van der Waals surface area contributed by atoms with Crippen molar-refractivity contribution < 1.29 is 19.2 Å². The Balaban J connectivity index is 1.74. The van der Waals surface area contributed by atoms with Gasteiger partial charge in [0.05, 0.1) is 13.7 Å². The predicted octanol–water partition coefficient (Wildman–Crippen LogP) is 0.747. The molecule has 3 rings (SSSR count). The van der Waals surface area contributed by atoms with Crippen LogP contribution >= 0.6 is 0 Å². The molecule has 130 valence electrons. The van der Waals surface area contributed by atoms with Gasteiger partial charge in [0.15, 0.2) is 6.54 Å². The Bertz CT molecular complexity index is 588. The highest BCUT2D eigenvalue weighted by Crippen LogP contribution is 2.22. The third-order valence-corrected chi connectivity index (χ3v) is 5.04. The van der Waals surface area contributed by atoms with Gasteiger partial charge in [-0.25, -0.2) is 4.79 Å². The van der Waals surface area contributed by atoms with Gasteiger partial charge in [0.2, 0.25) is 0 Å². The van der Waals surface area contributed by atoms with Crippen LogP contribution in [0, 0.1) is 0 Å². The SMILES string of the molecule is COc1ccc([C@@H]2CCCCC[NH+]2CC(=O)N2CCNC2=O)cc1. The van der Waals surface area contributed by atoms with Crippen molar-refractivity contribution in [3.05, 3.63) is 29.8 Å². The molecule has 0 bridgehead atoms. The number of carbonyl (C=O) groups is 2. The van der Waals surface area contributed by atoms with Gasteiger partial charge in [-0.3, -0.25) is 9.69 Å². The summed E-state index contributed by atoms with van der Waals surface area (Å²) in [5, 5.41) is 2.70. The molecule has 1 aromatic carbocycles. The average Bonchev–Trinajstić information content (AvgIpc) is 2.90. The van der Waals surface area contributed by atoms with E-state index in [1.165, 1.54) is 28.2 Å². The van der Waals surface area contributed by atoms with E-state index in [9.17, 15) is 9.59 Å². The van der Waals surface area contributed by atoms with Gasteiger partial charge in [-0.2, -0.15) is 0 Å². The zero-order valence-electron chi connectivity index (χ0n) is 14.2. The summed E-state index contributed by atoms with van der Waals surface area (Å²) in [4.78, 5) is 26.9. The third kappa shape index (κ3) is 3.70. The van der Waals surface area contributed by atoms with Crippen LogP contribution in [-0.4, -0.2) is 50.1 Å². The number of hydrogen-bond donors (Lipinski definition) is 2. The van der Waals surface area contributed by atoms with Gasteiger partial charge in [0, 0.05) is 25.1 Å². The molecule has 3 amide bonds. The van der Waals surface area contributed by atoms with Gasteiger partial charge in [0.25, 0.3) is 5.91 Å². The second-order valence-electron chi connectivity index (χ2n) is 6.54. The zero-order valence-corrected chi connectivity index (χ0v) is 14.2. The lowest BCUT2D eigenvalue weighted by Gasteiger charge is -2.28. The molecule has 2 N–H and O–H groups in total. The fourth-order valence-electron chi connectivity index (χ4n) is 3.71. The third-order valence-electron chi connectivity index (χ3n) is 5.04. The van der Waals surface area contributed by atoms with Gasteiger partial charge >= 0.3 is 6.03 Å². The standard InChI is InChI=1S/C18H25N3O3/c1-24-15-8-6-14(7-9-15)16-5-3-2-4-11-20(16)13-17(22)21-12-10-19-18(21)23/h6-9,16H,2-5,10-13H2,1H3,(H,19,23)/p+1/t16-/m0/s1. The number of benzene rings is 1. The van der Waals surface area contributed by atoms with E-state index in [-0.39, 0.29) is 11.9 Å². The van der Waals surface area contributed by atoms with Crippen LogP contribution in [0.5, 0.6) is 5.75 Å². The molecule has 2 heterocycles. The van der Waals surface area contributed by atoms with E-state index in [1.807, 2.05) is 12.1 Å². The molecule has 2 aliphatic rings. The lowest BCUT2D eigenvalue weighted by molar-refractivity contribution is -0.923. The summed E-state index contributed by atoms with van der Waals surface area (Å²) in [7, 11) is 1.66. The quantitative estimate of drug-likeness (QED) is 0.855. The van der Waals surface area contributed by atoms with Crippen LogP contribution < -0.4 is 15.0 Å². The van der Waals surface area contributed by atoms with E-state index in [2.05, 4.69) is 17.4 Å². The monoisotopic (exact) mass is 332 g/mol. The van der Waals surface area contributed by atoms with Crippen LogP contribution in [-0.2, 0) is 4.79 Å². The molecule has 6 heteroatoms. The van der Waals surface area contributed by atoms with Crippen molar-refractivity contribution in [1.29, 1.82) is 0 Å². The molecule has 1 aromatic rings. The van der Waals surface area contributed by atoms with Crippen molar-refractivity contribution in [3.63, 3.8) is 0 Å². The summed E-state index contributed by atoms with van der Waals surface area (Å²) >= 11 is 0. The largest absolute Gasteiger partial charge is 0.497 e. The molecule has 2 atom stereocenters. The summed E-state index contributed by atoms with van der Waals surface area (Å²) in [6.07, 6.45) is 4.58. The summed E-state index contributed by atoms with van der Waals surface area (Å²) < 4.78 is 5.24. The number of ether oxygens (including phenoxy) is 1. The van der Waals surface area contributed by atoms with Crippen LogP contribution in [0.25, 0.3) is 0 Å². The van der Waals surface area contributed by atoms with Crippen molar-refractivity contribution in [2.24, 2.45) is 0 Å². The Kier molecular flexibility index (Phi) is 5.35.